The van der Waals surface area contributed by atoms with Crippen LogP contribution in [0, 0.1) is 19.8 Å². The van der Waals surface area contributed by atoms with Crippen LogP contribution in [0.1, 0.15) is 34.4 Å². The van der Waals surface area contributed by atoms with E-state index in [0.29, 0.717) is 29.2 Å². The predicted octanol–water partition coefficient (Wildman–Crippen LogP) is 2.61. The SMILES string of the molecule is Cc1ncc(C(=O)Nc2ccc(C[C@H](C)C(=O)O)cc2)c(C)n1. The highest BCUT2D eigenvalue weighted by Gasteiger charge is 2.13. The fraction of sp³-hybridized carbons (Fsp3) is 0.294. The molecule has 23 heavy (non-hydrogen) atoms. The van der Waals surface area contributed by atoms with Gasteiger partial charge in [-0.3, -0.25) is 9.59 Å². The van der Waals surface area contributed by atoms with Crippen LogP contribution in [0.2, 0.25) is 0 Å². The summed E-state index contributed by atoms with van der Waals surface area (Å²) in [5.74, 6) is -0.912. The summed E-state index contributed by atoms with van der Waals surface area (Å²) >= 11 is 0. The van der Waals surface area contributed by atoms with Crippen molar-refractivity contribution in [1.29, 1.82) is 0 Å². The zero-order valence-corrected chi connectivity index (χ0v) is 13.3. The number of nitrogens with zero attached hydrogens (tertiary/aromatic N) is 2. The maximum absolute atomic E-state index is 12.2. The Hall–Kier alpha value is -2.76. The number of amides is 1. The van der Waals surface area contributed by atoms with E-state index in [1.165, 1.54) is 6.20 Å². The van der Waals surface area contributed by atoms with Crippen molar-refractivity contribution in [3.8, 4) is 0 Å². The summed E-state index contributed by atoms with van der Waals surface area (Å²) in [4.78, 5) is 31.3. The molecule has 6 heteroatoms. The number of carboxylic acids is 1. The van der Waals surface area contributed by atoms with Gasteiger partial charge in [0.15, 0.2) is 0 Å². The van der Waals surface area contributed by atoms with Crippen molar-refractivity contribution < 1.29 is 14.7 Å². The van der Waals surface area contributed by atoms with E-state index >= 15 is 0 Å². The lowest BCUT2D eigenvalue weighted by molar-refractivity contribution is -0.141. The minimum absolute atomic E-state index is 0.269. The zero-order chi connectivity index (χ0) is 17.0. The van der Waals surface area contributed by atoms with E-state index in [0.717, 1.165) is 5.56 Å². The molecule has 120 valence electrons. The Morgan fingerprint density at radius 1 is 1.22 bits per heavy atom. The van der Waals surface area contributed by atoms with Gasteiger partial charge in [-0.2, -0.15) is 0 Å². The summed E-state index contributed by atoms with van der Waals surface area (Å²) in [7, 11) is 0. The van der Waals surface area contributed by atoms with Gasteiger partial charge in [0.2, 0.25) is 0 Å². The van der Waals surface area contributed by atoms with Gasteiger partial charge < -0.3 is 10.4 Å². The molecule has 2 rings (SSSR count). The lowest BCUT2D eigenvalue weighted by atomic mass is 10.0. The van der Waals surface area contributed by atoms with Gasteiger partial charge in [0.05, 0.1) is 17.2 Å². The maximum atomic E-state index is 12.2. The topological polar surface area (TPSA) is 92.2 Å². The van der Waals surface area contributed by atoms with Crippen LogP contribution < -0.4 is 5.32 Å². The van der Waals surface area contributed by atoms with Gasteiger partial charge in [-0.25, -0.2) is 9.97 Å². The second kappa shape index (κ2) is 7.00. The molecule has 2 aromatic rings. The summed E-state index contributed by atoms with van der Waals surface area (Å²) < 4.78 is 0. The largest absolute Gasteiger partial charge is 0.481 e. The summed E-state index contributed by atoms with van der Waals surface area (Å²) in [5.41, 5.74) is 2.61. The minimum Gasteiger partial charge on any atom is -0.481 e. The van der Waals surface area contributed by atoms with Crippen LogP contribution in [-0.2, 0) is 11.2 Å². The smallest absolute Gasteiger partial charge is 0.306 e. The highest BCUT2D eigenvalue weighted by atomic mass is 16.4. The van der Waals surface area contributed by atoms with Gasteiger partial charge in [0.25, 0.3) is 5.91 Å². The van der Waals surface area contributed by atoms with Crippen molar-refractivity contribution in [2.24, 2.45) is 5.92 Å². The number of aliphatic carboxylic acids is 1. The predicted molar refractivity (Wildman–Crippen MR) is 86.4 cm³/mol. The standard InChI is InChI=1S/C17H19N3O3/c1-10(17(22)23)8-13-4-6-14(7-5-13)20-16(21)15-9-18-12(3)19-11(15)2/h4-7,9-10H,8H2,1-3H3,(H,20,21)(H,22,23)/t10-/m0/s1. The first-order valence-electron chi connectivity index (χ1n) is 7.30. The average Bonchev–Trinajstić information content (AvgIpc) is 2.48. The summed E-state index contributed by atoms with van der Waals surface area (Å²) in [6.07, 6.45) is 1.96. The Morgan fingerprint density at radius 3 is 2.43 bits per heavy atom. The number of anilines is 1. The van der Waals surface area contributed by atoms with Crippen LogP contribution in [0.15, 0.2) is 30.5 Å². The molecule has 0 aliphatic carbocycles. The number of carbonyl (C=O) groups is 2. The van der Waals surface area contributed by atoms with Crippen molar-refractivity contribution in [3.05, 3.63) is 53.1 Å². The van der Waals surface area contributed by atoms with Crippen LogP contribution in [0.5, 0.6) is 0 Å². The number of carboxylic acid groups (broad SMARTS) is 1. The maximum Gasteiger partial charge on any atom is 0.306 e. The van der Waals surface area contributed by atoms with Gasteiger partial charge in [-0.05, 0) is 38.0 Å². The number of hydrogen-bond donors (Lipinski definition) is 2. The molecule has 1 aromatic carbocycles. The average molecular weight is 313 g/mol. The molecule has 0 unspecified atom stereocenters. The first kappa shape index (κ1) is 16.6. The minimum atomic E-state index is -0.822. The lowest BCUT2D eigenvalue weighted by Gasteiger charge is -2.09. The van der Waals surface area contributed by atoms with Crippen molar-refractivity contribution in [3.63, 3.8) is 0 Å². The van der Waals surface area contributed by atoms with E-state index in [-0.39, 0.29) is 5.91 Å². The van der Waals surface area contributed by atoms with Gasteiger partial charge in [0, 0.05) is 11.9 Å². The zero-order valence-electron chi connectivity index (χ0n) is 13.3. The highest BCUT2D eigenvalue weighted by Crippen LogP contribution is 2.15. The number of aromatic nitrogens is 2. The first-order valence-corrected chi connectivity index (χ1v) is 7.30. The molecule has 0 radical (unpaired) electrons. The third kappa shape index (κ3) is 4.35. The second-order valence-electron chi connectivity index (χ2n) is 5.51. The monoisotopic (exact) mass is 313 g/mol. The van der Waals surface area contributed by atoms with Crippen LogP contribution in [-0.4, -0.2) is 27.0 Å². The van der Waals surface area contributed by atoms with Gasteiger partial charge in [-0.1, -0.05) is 19.1 Å². The van der Waals surface area contributed by atoms with Crippen molar-refractivity contribution in [2.45, 2.75) is 27.2 Å². The number of benzene rings is 1. The molecular formula is C17H19N3O3. The number of aryl methyl sites for hydroxylation is 2. The third-order valence-electron chi connectivity index (χ3n) is 3.52. The molecule has 0 spiro atoms. The Labute approximate surface area is 134 Å². The molecule has 0 aliphatic heterocycles. The van der Waals surface area contributed by atoms with Crippen molar-refractivity contribution in [2.75, 3.05) is 5.32 Å². The van der Waals surface area contributed by atoms with E-state index in [1.807, 2.05) is 12.1 Å². The second-order valence-corrected chi connectivity index (χ2v) is 5.51. The molecule has 1 atom stereocenters. The van der Waals surface area contributed by atoms with Gasteiger partial charge >= 0.3 is 5.97 Å². The molecule has 1 aromatic heterocycles. The molecule has 6 nitrogen and oxygen atoms in total. The Balaban J connectivity index is 2.05. The van der Waals surface area contributed by atoms with E-state index in [2.05, 4.69) is 15.3 Å². The number of rotatable bonds is 5. The highest BCUT2D eigenvalue weighted by molar-refractivity contribution is 6.04. The summed E-state index contributed by atoms with van der Waals surface area (Å²) in [6.45, 7) is 5.20. The Morgan fingerprint density at radius 2 is 1.87 bits per heavy atom. The van der Waals surface area contributed by atoms with E-state index in [9.17, 15) is 9.59 Å². The fourth-order valence-corrected chi connectivity index (χ4v) is 2.17. The van der Waals surface area contributed by atoms with E-state index in [4.69, 9.17) is 5.11 Å². The number of carbonyl (C=O) groups excluding carboxylic acids is 1. The van der Waals surface area contributed by atoms with Crippen LogP contribution >= 0.6 is 0 Å². The van der Waals surface area contributed by atoms with Gasteiger partial charge in [0.1, 0.15) is 5.82 Å². The Bertz CT molecular complexity index is 726. The van der Waals surface area contributed by atoms with E-state index < -0.39 is 11.9 Å². The fourth-order valence-electron chi connectivity index (χ4n) is 2.17. The molecule has 1 heterocycles. The van der Waals surface area contributed by atoms with E-state index in [1.54, 1.807) is 32.9 Å². The summed E-state index contributed by atoms with van der Waals surface area (Å²) in [6, 6.07) is 7.14. The van der Waals surface area contributed by atoms with Crippen molar-refractivity contribution >= 4 is 17.6 Å². The molecule has 0 saturated carbocycles. The molecule has 2 N–H and O–H groups in total. The Kier molecular flexibility index (Phi) is 5.05. The third-order valence-corrected chi connectivity index (χ3v) is 3.52. The van der Waals surface area contributed by atoms with Gasteiger partial charge in [-0.15, -0.1) is 0 Å². The van der Waals surface area contributed by atoms with Crippen LogP contribution in [0.25, 0.3) is 0 Å². The van der Waals surface area contributed by atoms with Crippen molar-refractivity contribution in [1.82, 2.24) is 9.97 Å². The molecule has 0 fully saturated rings. The normalized spacial score (nSPS) is 11.8. The number of nitrogens with one attached hydrogen (secondary N) is 1. The van der Waals surface area contributed by atoms with Crippen LogP contribution in [0.4, 0.5) is 5.69 Å². The van der Waals surface area contributed by atoms with Crippen LogP contribution in [0.3, 0.4) is 0 Å². The molecule has 0 saturated heterocycles. The number of hydrogen-bond acceptors (Lipinski definition) is 4. The molecule has 0 bridgehead atoms. The molecular weight excluding hydrogens is 294 g/mol. The lowest BCUT2D eigenvalue weighted by Crippen LogP contribution is -2.15. The summed E-state index contributed by atoms with van der Waals surface area (Å²) in [5, 5.41) is 11.7. The first-order chi connectivity index (χ1) is 10.9. The quantitative estimate of drug-likeness (QED) is 0.885. The molecule has 0 aliphatic rings. The molecule has 1 amide bonds.